The van der Waals surface area contributed by atoms with Crippen molar-refractivity contribution in [3.63, 3.8) is 0 Å². The largest absolute Gasteiger partial charge is 0.349 e. The van der Waals surface area contributed by atoms with E-state index in [0.717, 1.165) is 90.3 Å². The van der Waals surface area contributed by atoms with E-state index in [9.17, 15) is 9.59 Å². The summed E-state index contributed by atoms with van der Waals surface area (Å²) >= 11 is 12.3. The minimum absolute atomic E-state index is 0.00445. The molecule has 0 aliphatic carbocycles. The van der Waals surface area contributed by atoms with Gasteiger partial charge in [0.05, 0.1) is 0 Å². The maximum Gasteiger partial charge on any atom is 0.251 e. The monoisotopic (exact) mass is 768 g/mol. The van der Waals surface area contributed by atoms with Gasteiger partial charge in [-0.15, -0.1) is 0 Å². The van der Waals surface area contributed by atoms with Gasteiger partial charge in [-0.05, 0) is 163 Å². The molecule has 0 spiro atoms. The van der Waals surface area contributed by atoms with Crippen LogP contribution in [0.1, 0.15) is 99.1 Å². The molecule has 2 aliphatic rings. The topological polar surface area (TPSA) is 64.7 Å². The van der Waals surface area contributed by atoms with Crippen molar-refractivity contribution in [3.8, 4) is 22.3 Å². The van der Waals surface area contributed by atoms with E-state index in [1.807, 2.05) is 86.6 Å². The number of carbonyl (C=O) groups excluding carboxylic acids is 2. The van der Waals surface area contributed by atoms with Crippen LogP contribution in [0.25, 0.3) is 22.3 Å². The summed E-state index contributed by atoms with van der Waals surface area (Å²) in [5.41, 5.74) is 8.09. The normalized spacial score (nSPS) is 16.3. The molecule has 0 radical (unpaired) electrons. The first kappa shape index (κ1) is 41.5. The lowest BCUT2D eigenvalue weighted by molar-refractivity contribution is 0.0803. The first-order chi connectivity index (χ1) is 25.5. The van der Waals surface area contributed by atoms with Gasteiger partial charge < -0.3 is 10.6 Å². The lowest BCUT2D eigenvalue weighted by atomic mass is 9.97. The average molecular weight is 770 g/mol. The van der Waals surface area contributed by atoms with Crippen molar-refractivity contribution >= 4 is 35.0 Å². The zero-order valence-electron chi connectivity index (χ0n) is 33.4. The molecule has 8 heteroatoms. The number of hydrogen-bond acceptors (Lipinski definition) is 4. The second-order valence-corrected chi connectivity index (χ2v) is 17.8. The molecule has 0 aromatic heterocycles. The predicted molar refractivity (Wildman–Crippen MR) is 227 cm³/mol. The Labute approximate surface area is 333 Å². The molecule has 4 aromatic rings. The molecule has 288 valence electrons. The number of aryl methyl sites for hydroxylation is 2. The highest BCUT2D eigenvalue weighted by Gasteiger charge is 2.29. The number of carbonyl (C=O) groups is 2. The summed E-state index contributed by atoms with van der Waals surface area (Å²) in [4.78, 5) is 30.5. The molecule has 2 aliphatic heterocycles. The van der Waals surface area contributed by atoms with Gasteiger partial charge in [-0.25, -0.2) is 0 Å². The van der Waals surface area contributed by atoms with Gasteiger partial charge >= 0.3 is 0 Å². The highest BCUT2D eigenvalue weighted by Crippen LogP contribution is 2.28. The lowest BCUT2D eigenvalue weighted by Crippen LogP contribution is -2.50. The fourth-order valence-electron chi connectivity index (χ4n) is 7.33. The summed E-state index contributed by atoms with van der Waals surface area (Å²) in [6, 6.07) is 28.0. The molecule has 0 atom stereocenters. The summed E-state index contributed by atoms with van der Waals surface area (Å²) in [5.74, 6) is 0.0153. The second kappa shape index (κ2) is 17.8. The quantitative estimate of drug-likeness (QED) is 0.205. The fourth-order valence-corrected chi connectivity index (χ4v) is 7.74. The Morgan fingerprint density at radius 2 is 1.02 bits per heavy atom. The molecule has 4 aromatic carbocycles. The fraction of sp³-hybridized carbons (Fsp3) is 0.435. The Balaban J connectivity index is 0.000000208. The van der Waals surface area contributed by atoms with Gasteiger partial charge in [0.2, 0.25) is 0 Å². The molecule has 2 fully saturated rings. The standard InChI is InChI=1S/2C23H29ClN2O/c1-16-12-19(15-20(24)13-16)17-6-5-7-18(14-17)22(27)25-21-8-10-26(11-9-21)23(2,3)4;1-16-14-18(8-9-21(16)24)17-6-5-7-19(15-17)22(27)25-20-10-12-26(13-11-20)23(2,3)4/h5-7,12-15,21H,8-11H2,1-4H3,(H,25,27);5-9,14-15,20H,10-13H2,1-4H3,(H,25,27). The smallest absolute Gasteiger partial charge is 0.251 e. The number of nitrogens with zero attached hydrogens (tertiary/aromatic N) is 2. The highest BCUT2D eigenvalue weighted by atomic mass is 35.5. The van der Waals surface area contributed by atoms with E-state index >= 15 is 0 Å². The van der Waals surface area contributed by atoms with Crippen LogP contribution in [0.2, 0.25) is 10.0 Å². The third-order valence-electron chi connectivity index (χ3n) is 10.7. The average Bonchev–Trinajstić information content (AvgIpc) is 3.12. The van der Waals surface area contributed by atoms with Crippen LogP contribution in [-0.4, -0.2) is 71.0 Å². The van der Waals surface area contributed by atoms with Crippen LogP contribution in [0.4, 0.5) is 0 Å². The van der Waals surface area contributed by atoms with Crippen molar-refractivity contribution in [2.75, 3.05) is 26.2 Å². The van der Waals surface area contributed by atoms with Gasteiger partial charge in [-0.2, -0.15) is 0 Å². The third kappa shape index (κ3) is 11.4. The molecule has 6 nitrogen and oxygen atoms in total. The second-order valence-electron chi connectivity index (χ2n) is 17.0. The molecule has 2 amide bonds. The summed E-state index contributed by atoms with van der Waals surface area (Å²) < 4.78 is 0. The van der Waals surface area contributed by atoms with E-state index in [-0.39, 0.29) is 35.0 Å². The van der Waals surface area contributed by atoms with E-state index < -0.39 is 0 Å². The molecule has 2 heterocycles. The number of halogens is 2. The van der Waals surface area contributed by atoms with Crippen molar-refractivity contribution in [1.29, 1.82) is 0 Å². The summed E-state index contributed by atoms with van der Waals surface area (Å²) in [5, 5.41) is 7.91. The summed E-state index contributed by atoms with van der Waals surface area (Å²) in [7, 11) is 0. The lowest BCUT2D eigenvalue weighted by Gasteiger charge is -2.41. The molecular formula is C46H58Cl2N4O2. The van der Waals surface area contributed by atoms with E-state index in [4.69, 9.17) is 23.2 Å². The maximum atomic E-state index is 12.8. The number of benzene rings is 4. The number of hydrogen-bond donors (Lipinski definition) is 2. The van der Waals surface area contributed by atoms with Crippen LogP contribution in [-0.2, 0) is 0 Å². The molecule has 54 heavy (non-hydrogen) atoms. The van der Waals surface area contributed by atoms with Gasteiger partial charge in [0.25, 0.3) is 11.8 Å². The SMILES string of the molecule is Cc1cc(-c2cccc(C(=O)NC3CCN(C(C)(C)C)CC3)c2)ccc1Cl.Cc1cc(Cl)cc(-c2cccc(C(=O)NC3CCN(C(C)(C)C)CC3)c2)c1. The number of likely N-dealkylation sites (tertiary alicyclic amines) is 2. The number of piperidine rings is 2. The van der Waals surface area contributed by atoms with Gasteiger partial charge in [-0.1, -0.05) is 59.6 Å². The number of amides is 2. The molecule has 0 saturated carbocycles. The van der Waals surface area contributed by atoms with E-state index in [1.54, 1.807) is 0 Å². The first-order valence-electron chi connectivity index (χ1n) is 19.3. The van der Waals surface area contributed by atoms with Crippen molar-refractivity contribution in [2.45, 2.75) is 104 Å². The Morgan fingerprint density at radius 1 is 0.574 bits per heavy atom. The van der Waals surface area contributed by atoms with Crippen LogP contribution in [0.15, 0.2) is 84.9 Å². The van der Waals surface area contributed by atoms with Crippen LogP contribution in [0, 0.1) is 13.8 Å². The Bertz CT molecular complexity index is 1890. The van der Waals surface area contributed by atoms with Crippen molar-refractivity contribution < 1.29 is 9.59 Å². The van der Waals surface area contributed by atoms with Crippen molar-refractivity contribution in [2.24, 2.45) is 0 Å². The molecule has 6 rings (SSSR count). The molecule has 2 N–H and O–H groups in total. The Kier molecular flexibility index (Phi) is 13.7. The zero-order chi connectivity index (χ0) is 39.2. The maximum absolute atomic E-state index is 12.8. The number of rotatable bonds is 6. The Morgan fingerprint density at radius 3 is 1.44 bits per heavy atom. The van der Waals surface area contributed by atoms with Gasteiger partial charge in [-0.3, -0.25) is 19.4 Å². The summed E-state index contributed by atoms with van der Waals surface area (Å²) in [6.45, 7) is 21.6. The van der Waals surface area contributed by atoms with Gasteiger partial charge in [0.15, 0.2) is 0 Å². The van der Waals surface area contributed by atoms with Crippen molar-refractivity contribution in [1.82, 2.24) is 20.4 Å². The van der Waals surface area contributed by atoms with Crippen LogP contribution >= 0.6 is 23.2 Å². The molecule has 0 bridgehead atoms. The predicted octanol–water partition coefficient (Wildman–Crippen LogP) is 10.6. The molecular weight excluding hydrogens is 711 g/mol. The third-order valence-corrected chi connectivity index (χ3v) is 11.3. The van der Waals surface area contributed by atoms with Crippen LogP contribution in [0.5, 0.6) is 0 Å². The van der Waals surface area contributed by atoms with E-state index in [0.29, 0.717) is 16.1 Å². The van der Waals surface area contributed by atoms with Gasteiger partial charge in [0.1, 0.15) is 0 Å². The minimum atomic E-state index is 0.00445. The highest BCUT2D eigenvalue weighted by molar-refractivity contribution is 6.31. The molecule has 0 unspecified atom stereocenters. The summed E-state index contributed by atoms with van der Waals surface area (Å²) in [6.07, 6.45) is 3.99. The number of nitrogens with one attached hydrogen (secondary N) is 2. The van der Waals surface area contributed by atoms with Gasteiger partial charge in [0, 0.05) is 70.5 Å². The van der Waals surface area contributed by atoms with Crippen LogP contribution < -0.4 is 10.6 Å². The van der Waals surface area contributed by atoms with E-state index in [2.05, 4.69) is 74.1 Å². The van der Waals surface area contributed by atoms with Crippen molar-refractivity contribution in [3.05, 3.63) is 117 Å². The zero-order valence-corrected chi connectivity index (χ0v) is 34.9. The Hall–Kier alpha value is -3.68. The van der Waals surface area contributed by atoms with E-state index in [1.165, 1.54) is 0 Å². The molecule has 2 saturated heterocycles. The van der Waals surface area contributed by atoms with Crippen LogP contribution in [0.3, 0.4) is 0 Å². The minimum Gasteiger partial charge on any atom is -0.349 e. The first-order valence-corrected chi connectivity index (χ1v) is 20.1.